The number of carbonyl (C=O) groups excluding carboxylic acids is 1. The van der Waals surface area contributed by atoms with E-state index in [1.54, 1.807) is 18.4 Å². The number of aryl methyl sites for hydroxylation is 1. The van der Waals surface area contributed by atoms with E-state index in [-0.39, 0.29) is 24.1 Å². The lowest BCUT2D eigenvalue weighted by Crippen LogP contribution is -2.42. The molecule has 2 heterocycles. The molecular formula is C14H20N2O2S. The highest BCUT2D eigenvalue weighted by Crippen LogP contribution is 2.33. The molecule has 3 rings (SSSR count). The molecule has 0 saturated carbocycles. The zero-order valence-corrected chi connectivity index (χ0v) is 12.0. The minimum Gasteiger partial charge on any atom is -0.380 e. The molecular weight excluding hydrogens is 260 g/mol. The Labute approximate surface area is 117 Å². The Hall–Kier alpha value is -0.910. The van der Waals surface area contributed by atoms with Crippen molar-refractivity contribution >= 4 is 17.2 Å². The summed E-state index contributed by atoms with van der Waals surface area (Å²) in [5, 5.41) is 8.56. The first-order valence-electron chi connectivity index (χ1n) is 6.90. The number of hydrogen-bond acceptors (Lipinski definition) is 4. The second-order valence-electron chi connectivity index (χ2n) is 5.31. The third-order valence-electron chi connectivity index (χ3n) is 4.11. The maximum atomic E-state index is 12.3. The number of amides is 1. The normalized spacial score (nSPS) is 30.1. The molecule has 0 radical (unpaired) electrons. The van der Waals surface area contributed by atoms with Gasteiger partial charge in [0.15, 0.2) is 0 Å². The summed E-state index contributed by atoms with van der Waals surface area (Å²) >= 11 is 1.81. The Kier molecular flexibility index (Phi) is 3.86. The number of rotatable bonds is 3. The molecule has 104 valence electrons. The lowest BCUT2D eigenvalue weighted by Gasteiger charge is -2.25. The van der Waals surface area contributed by atoms with Crippen molar-refractivity contribution < 1.29 is 9.53 Å². The Balaban J connectivity index is 1.62. The van der Waals surface area contributed by atoms with E-state index in [0.29, 0.717) is 0 Å². The summed E-state index contributed by atoms with van der Waals surface area (Å²) in [6, 6.07) is 2.25. The summed E-state index contributed by atoms with van der Waals surface area (Å²) in [5.41, 5.74) is 1.32. The third kappa shape index (κ3) is 2.68. The van der Waals surface area contributed by atoms with Gasteiger partial charge in [-0.1, -0.05) is 0 Å². The number of ether oxygens (including phenoxy) is 1. The largest absolute Gasteiger partial charge is 0.380 e. The SMILES string of the molecule is COC1CNC(C(=O)NC2CCCc3sccc32)C1. The van der Waals surface area contributed by atoms with Gasteiger partial charge in [0.05, 0.1) is 18.2 Å². The van der Waals surface area contributed by atoms with Crippen LogP contribution in [0.3, 0.4) is 0 Å². The minimum atomic E-state index is -0.103. The zero-order chi connectivity index (χ0) is 13.2. The quantitative estimate of drug-likeness (QED) is 0.884. The fraction of sp³-hybridized carbons (Fsp3) is 0.643. The summed E-state index contributed by atoms with van der Waals surface area (Å²) in [4.78, 5) is 13.7. The van der Waals surface area contributed by atoms with Crippen molar-refractivity contribution in [3.63, 3.8) is 0 Å². The average molecular weight is 280 g/mol. The lowest BCUT2D eigenvalue weighted by molar-refractivity contribution is -0.123. The van der Waals surface area contributed by atoms with Gasteiger partial charge in [0.25, 0.3) is 0 Å². The van der Waals surface area contributed by atoms with Crippen LogP contribution < -0.4 is 10.6 Å². The van der Waals surface area contributed by atoms with Crippen LogP contribution in [-0.2, 0) is 16.0 Å². The second-order valence-corrected chi connectivity index (χ2v) is 6.31. The van der Waals surface area contributed by atoms with Gasteiger partial charge in [0.1, 0.15) is 0 Å². The predicted molar refractivity (Wildman–Crippen MR) is 75.3 cm³/mol. The van der Waals surface area contributed by atoms with Gasteiger partial charge >= 0.3 is 0 Å². The Morgan fingerprint density at radius 3 is 3.26 bits per heavy atom. The molecule has 1 aromatic rings. The van der Waals surface area contributed by atoms with Crippen LogP contribution in [-0.4, -0.2) is 31.7 Å². The summed E-state index contributed by atoms with van der Waals surface area (Å²) in [6.45, 7) is 0.767. The number of methoxy groups -OCH3 is 1. The standard InChI is InChI=1S/C14H20N2O2S/c1-18-9-7-12(15-8-9)14(17)16-11-3-2-4-13-10(11)5-6-19-13/h5-6,9,11-12,15H,2-4,7-8H2,1H3,(H,16,17). The Morgan fingerprint density at radius 1 is 1.58 bits per heavy atom. The molecule has 19 heavy (non-hydrogen) atoms. The zero-order valence-electron chi connectivity index (χ0n) is 11.1. The fourth-order valence-corrected chi connectivity index (χ4v) is 3.98. The number of fused-ring (bicyclic) bond motifs is 1. The van der Waals surface area contributed by atoms with Crippen LogP contribution in [0.25, 0.3) is 0 Å². The molecule has 3 atom stereocenters. The highest BCUT2D eigenvalue weighted by Gasteiger charge is 2.31. The van der Waals surface area contributed by atoms with Gasteiger partial charge in [0.2, 0.25) is 5.91 Å². The summed E-state index contributed by atoms with van der Waals surface area (Å²) < 4.78 is 5.28. The Morgan fingerprint density at radius 2 is 2.47 bits per heavy atom. The molecule has 1 fully saturated rings. The van der Waals surface area contributed by atoms with Crippen LogP contribution in [0.1, 0.15) is 35.7 Å². The van der Waals surface area contributed by atoms with E-state index < -0.39 is 0 Å². The number of thiophene rings is 1. The third-order valence-corrected chi connectivity index (χ3v) is 5.11. The molecule has 1 aliphatic heterocycles. The molecule has 2 N–H and O–H groups in total. The summed E-state index contributed by atoms with van der Waals surface area (Å²) in [5.74, 6) is 0.114. The molecule has 1 amide bonds. The minimum absolute atomic E-state index is 0.103. The van der Waals surface area contributed by atoms with Crippen LogP contribution in [0.15, 0.2) is 11.4 Å². The predicted octanol–water partition coefficient (Wildman–Crippen LogP) is 1.62. The van der Waals surface area contributed by atoms with Gasteiger partial charge in [0, 0.05) is 18.5 Å². The summed E-state index contributed by atoms with van der Waals surface area (Å²) in [7, 11) is 1.70. The van der Waals surface area contributed by atoms with Crippen LogP contribution >= 0.6 is 11.3 Å². The highest BCUT2D eigenvalue weighted by atomic mass is 32.1. The topological polar surface area (TPSA) is 50.4 Å². The number of nitrogens with one attached hydrogen (secondary N) is 2. The monoisotopic (exact) mass is 280 g/mol. The molecule has 5 heteroatoms. The van der Waals surface area contributed by atoms with E-state index in [1.165, 1.54) is 10.4 Å². The molecule has 0 spiro atoms. The van der Waals surface area contributed by atoms with Gasteiger partial charge < -0.3 is 15.4 Å². The molecule has 1 aromatic heterocycles. The second kappa shape index (κ2) is 5.61. The van der Waals surface area contributed by atoms with E-state index in [2.05, 4.69) is 22.1 Å². The first-order valence-corrected chi connectivity index (χ1v) is 7.78. The van der Waals surface area contributed by atoms with Gasteiger partial charge in [-0.15, -0.1) is 11.3 Å². The van der Waals surface area contributed by atoms with Crippen LogP contribution in [0.4, 0.5) is 0 Å². The molecule has 0 bridgehead atoms. The number of hydrogen-bond donors (Lipinski definition) is 2. The van der Waals surface area contributed by atoms with Crippen molar-refractivity contribution in [1.29, 1.82) is 0 Å². The first kappa shape index (κ1) is 13.1. The molecule has 2 aliphatic rings. The van der Waals surface area contributed by atoms with Crippen molar-refractivity contribution in [3.05, 3.63) is 21.9 Å². The maximum absolute atomic E-state index is 12.3. The molecule has 0 aromatic carbocycles. The van der Waals surface area contributed by atoms with Gasteiger partial charge in [-0.3, -0.25) is 4.79 Å². The maximum Gasteiger partial charge on any atom is 0.237 e. The lowest BCUT2D eigenvalue weighted by atomic mass is 9.94. The van der Waals surface area contributed by atoms with E-state index in [0.717, 1.165) is 32.2 Å². The van der Waals surface area contributed by atoms with Gasteiger partial charge in [-0.25, -0.2) is 0 Å². The van der Waals surface area contributed by atoms with E-state index in [4.69, 9.17) is 4.74 Å². The van der Waals surface area contributed by atoms with Crippen LogP contribution in [0.2, 0.25) is 0 Å². The molecule has 4 nitrogen and oxygen atoms in total. The summed E-state index contributed by atoms with van der Waals surface area (Å²) in [6.07, 6.45) is 4.31. The van der Waals surface area contributed by atoms with Crippen molar-refractivity contribution in [2.75, 3.05) is 13.7 Å². The van der Waals surface area contributed by atoms with Gasteiger partial charge in [-0.05, 0) is 42.7 Å². The average Bonchev–Trinajstić information content (AvgIpc) is 3.08. The fourth-order valence-electron chi connectivity index (χ4n) is 2.99. The highest BCUT2D eigenvalue weighted by molar-refractivity contribution is 7.10. The molecule has 1 aliphatic carbocycles. The molecule has 1 saturated heterocycles. The van der Waals surface area contributed by atoms with Crippen molar-refractivity contribution in [2.24, 2.45) is 0 Å². The van der Waals surface area contributed by atoms with Crippen LogP contribution in [0.5, 0.6) is 0 Å². The van der Waals surface area contributed by atoms with Gasteiger partial charge in [-0.2, -0.15) is 0 Å². The first-order chi connectivity index (χ1) is 9.28. The van der Waals surface area contributed by atoms with E-state index >= 15 is 0 Å². The molecule has 3 unspecified atom stereocenters. The van der Waals surface area contributed by atoms with Crippen LogP contribution in [0, 0.1) is 0 Å². The van der Waals surface area contributed by atoms with Crippen molar-refractivity contribution in [1.82, 2.24) is 10.6 Å². The van der Waals surface area contributed by atoms with E-state index in [1.807, 2.05) is 0 Å². The smallest absolute Gasteiger partial charge is 0.237 e. The van der Waals surface area contributed by atoms with Crippen molar-refractivity contribution in [2.45, 2.75) is 43.9 Å². The Bertz CT molecular complexity index is 460. The number of carbonyl (C=O) groups is 1. The van der Waals surface area contributed by atoms with Crippen molar-refractivity contribution in [3.8, 4) is 0 Å². The van der Waals surface area contributed by atoms with E-state index in [9.17, 15) is 4.79 Å².